The van der Waals surface area contributed by atoms with E-state index in [4.69, 9.17) is 10.6 Å². The van der Waals surface area contributed by atoms with Crippen LogP contribution >= 0.6 is 0 Å². The first kappa shape index (κ1) is 6.54. The van der Waals surface area contributed by atoms with Gasteiger partial charge in [0.2, 0.25) is 0 Å². The lowest BCUT2D eigenvalue weighted by molar-refractivity contribution is 0.195. The van der Waals surface area contributed by atoms with Crippen LogP contribution in [0.2, 0.25) is 0 Å². The number of carboxylic acid groups (broad SMARTS) is 1. The van der Waals surface area contributed by atoms with Gasteiger partial charge in [-0.05, 0) is 0 Å². The van der Waals surface area contributed by atoms with E-state index in [1.54, 1.807) is 5.43 Å². The molecule has 0 fully saturated rings. The summed E-state index contributed by atoms with van der Waals surface area (Å²) < 4.78 is 0. The molecule has 0 unspecified atom stereocenters. The van der Waals surface area contributed by atoms with E-state index >= 15 is 0 Å². The fraction of sp³-hybridized carbons (Fsp3) is 0. The highest BCUT2D eigenvalue weighted by Crippen LogP contribution is 1.59. The minimum absolute atomic E-state index is 0.772. The molecule has 0 aromatic carbocycles. The van der Waals surface area contributed by atoms with Gasteiger partial charge in [-0.25, -0.2) is 15.8 Å². The maximum Gasteiger partial charge on any atom is 0.425 e. The van der Waals surface area contributed by atoms with Gasteiger partial charge in [0.05, 0.1) is 0 Å². The Hall–Kier alpha value is -1.46. The van der Waals surface area contributed by atoms with Gasteiger partial charge in [-0.2, -0.15) is 5.10 Å². The van der Waals surface area contributed by atoms with E-state index in [9.17, 15) is 4.79 Å². The van der Waals surface area contributed by atoms with Crippen LogP contribution in [0, 0.1) is 5.53 Å². The Bertz CT molecular complexity index is 119. The van der Waals surface area contributed by atoms with E-state index in [1.165, 1.54) is 0 Å². The summed E-state index contributed by atoms with van der Waals surface area (Å²) in [6.45, 7) is 0. The van der Waals surface area contributed by atoms with E-state index < -0.39 is 6.09 Å². The van der Waals surface area contributed by atoms with E-state index in [2.05, 4.69) is 10.2 Å². The van der Waals surface area contributed by atoms with Crippen molar-refractivity contribution >= 4 is 12.4 Å². The van der Waals surface area contributed by atoms with Crippen LogP contribution in [0.4, 0.5) is 4.79 Å². The summed E-state index contributed by atoms with van der Waals surface area (Å²) in [5.41, 5.74) is 7.71. The van der Waals surface area contributed by atoms with Crippen LogP contribution in [-0.2, 0) is 0 Å². The Labute approximate surface area is 44.7 Å². The molecule has 0 saturated heterocycles. The van der Waals surface area contributed by atoms with Crippen molar-refractivity contribution in [2.45, 2.75) is 0 Å². The largest absolute Gasteiger partial charge is 0.464 e. The second kappa shape index (κ2) is 3.72. The maximum atomic E-state index is 9.55. The lowest BCUT2D eigenvalue weighted by Gasteiger charge is -1.83. The molecule has 0 rings (SSSR count). The normalized spacial score (nSPS) is 9.00. The molecule has 0 aliphatic rings. The van der Waals surface area contributed by atoms with Crippen molar-refractivity contribution in [3.8, 4) is 0 Å². The quantitative estimate of drug-likeness (QED) is 0.208. The monoisotopic (exact) mass is 116 g/mol. The van der Waals surface area contributed by atoms with Gasteiger partial charge in [0.25, 0.3) is 0 Å². The number of rotatable bonds is 2. The molecule has 0 bridgehead atoms. The van der Waals surface area contributed by atoms with Crippen molar-refractivity contribution in [2.24, 2.45) is 10.2 Å². The lowest BCUT2D eigenvalue weighted by Crippen LogP contribution is -2.12. The molecule has 0 radical (unpaired) electrons. The van der Waals surface area contributed by atoms with E-state index in [1.807, 2.05) is 0 Å². The van der Waals surface area contributed by atoms with Gasteiger partial charge in [-0.15, -0.1) is 5.11 Å². The molecule has 8 heavy (non-hydrogen) atoms. The molecule has 0 saturated carbocycles. The Morgan fingerprint density at radius 1 is 1.88 bits per heavy atom. The first-order chi connectivity index (χ1) is 3.77. The average molecular weight is 116 g/mol. The smallest absolute Gasteiger partial charge is 0.425 e. The Kier molecular flexibility index (Phi) is 3.04. The van der Waals surface area contributed by atoms with Gasteiger partial charge >= 0.3 is 6.09 Å². The summed E-state index contributed by atoms with van der Waals surface area (Å²) in [5, 5.41) is 13.4. The van der Waals surface area contributed by atoms with Gasteiger partial charge < -0.3 is 5.11 Å². The Balaban J connectivity index is 3.29. The predicted octanol–water partition coefficient (Wildman–Crippen LogP) is 0.228. The highest BCUT2D eigenvalue weighted by molar-refractivity contribution is 5.66. The van der Waals surface area contributed by atoms with Crippen LogP contribution in [0.1, 0.15) is 0 Å². The molecule has 6 nitrogen and oxygen atoms in total. The van der Waals surface area contributed by atoms with Gasteiger partial charge in [0, 0.05) is 0 Å². The summed E-state index contributed by atoms with van der Waals surface area (Å²) in [6, 6.07) is 0. The van der Waals surface area contributed by atoms with Crippen LogP contribution in [0.3, 0.4) is 0 Å². The van der Waals surface area contributed by atoms with Crippen molar-refractivity contribution in [2.75, 3.05) is 0 Å². The number of nitrogens with one attached hydrogen (secondary N) is 2. The summed E-state index contributed by atoms with van der Waals surface area (Å²) in [5.74, 6) is 0. The Morgan fingerprint density at radius 3 is 2.88 bits per heavy atom. The third-order valence-electron chi connectivity index (χ3n) is 0.276. The molecular formula is C2H4N4O2. The molecule has 44 valence electrons. The second-order valence-electron chi connectivity index (χ2n) is 0.791. The zero-order chi connectivity index (χ0) is 6.41. The van der Waals surface area contributed by atoms with Crippen molar-refractivity contribution in [1.29, 1.82) is 5.53 Å². The van der Waals surface area contributed by atoms with Gasteiger partial charge in [-0.1, -0.05) is 0 Å². The number of nitrogens with zero attached hydrogens (tertiary/aromatic N) is 2. The molecule has 6 heteroatoms. The molecule has 0 heterocycles. The fourth-order valence-electron chi connectivity index (χ4n) is 0.113. The predicted molar refractivity (Wildman–Crippen MR) is 24.8 cm³/mol. The van der Waals surface area contributed by atoms with Crippen LogP contribution in [0.15, 0.2) is 10.2 Å². The number of hydrogen-bond donors (Lipinski definition) is 3. The summed E-state index contributed by atoms with van der Waals surface area (Å²) in [6.07, 6.45) is -0.501. The molecule has 3 N–H and O–H groups in total. The van der Waals surface area contributed by atoms with E-state index in [-0.39, 0.29) is 0 Å². The maximum absolute atomic E-state index is 9.55. The molecule has 0 spiro atoms. The first-order valence-corrected chi connectivity index (χ1v) is 1.64. The molecule has 0 aromatic rings. The second-order valence-corrected chi connectivity index (χ2v) is 0.791. The third-order valence-corrected chi connectivity index (χ3v) is 0.276. The van der Waals surface area contributed by atoms with E-state index in [0.717, 1.165) is 6.34 Å². The lowest BCUT2D eigenvalue weighted by atomic mass is 11.2. The first-order valence-electron chi connectivity index (χ1n) is 1.64. The number of hydrogen-bond acceptors (Lipinski definition) is 3. The molecule has 0 atom stereocenters. The van der Waals surface area contributed by atoms with Crippen LogP contribution < -0.4 is 5.43 Å². The van der Waals surface area contributed by atoms with Crippen molar-refractivity contribution < 1.29 is 9.90 Å². The highest BCUT2D eigenvalue weighted by atomic mass is 16.4. The topological polar surface area (TPSA) is 97.9 Å². The molecular weight excluding hydrogens is 112 g/mol. The van der Waals surface area contributed by atoms with Crippen LogP contribution in [0.25, 0.3) is 0 Å². The van der Waals surface area contributed by atoms with Crippen molar-refractivity contribution in [3.05, 3.63) is 0 Å². The minimum atomic E-state index is -1.27. The van der Waals surface area contributed by atoms with Crippen molar-refractivity contribution in [1.82, 2.24) is 5.43 Å². The zero-order valence-corrected chi connectivity index (χ0v) is 3.83. The average Bonchev–Trinajstić information content (AvgIpc) is 1.66. The van der Waals surface area contributed by atoms with Crippen molar-refractivity contribution in [3.63, 3.8) is 0 Å². The summed E-state index contributed by atoms with van der Waals surface area (Å²) >= 11 is 0. The number of hydrazone groups is 1. The standard InChI is InChI=1S/C2H4N4O2/c3-4-1-5-6-2(7)8/h1,3,6H,(H,7,8). The molecule has 0 aromatic heterocycles. The van der Waals surface area contributed by atoms with Crippen LogP contribution in [0.5, 0.6) is 0 Å². The van der Waals surface area contributed by atoms with Gasteiger partial charge in [0.15, 0.2) is 6.34 Å². The Morgan fingerprint density at radius 2 is 2.50 bits per heavy atom. The van der Waals surface area contributed by atoms with E-state index in [0.29, 0.717) is 0 Å². The number of carbonyl (C=O) groups is 1. The number of amides is 1. The fourth-order valence-corrected chi connectivity index (χ4v) is 0.113. The minimum Gasteiger partial charge on any atom is -0.464 e. The van der Waals surface area contributed by atoms with Crippen LogP contribution in [-0.4, -0.2) is 17.5 Å². The summed E-state index contributed by atoms with van der Waals surface area (Å²) in [7, 11) is 0. The van der Waals surface area contributed by atoms with Gasteiger partial charge in [0.1, 0.15) is 0 Å². The SMILES string of the molecule is N=NC=NNC(=O)O. The highest BCUT2D eigenvalue weighted by Gasteiger charge is 1.83. The molecule has 1 amide bonds. The molecule has 0 aliphatic carbocycles. The summed E-state index contributed by atoms with van der Waals surface area (Å²) in [4.78, 5) is 9.55. The molecule has 0 aliphatic heterocycles. The zero-order valence-electron chi connectivity index (χ0n) is 3.83. The third kappa shape index (κ3) is 4.54. The van der Waals surface area contributed by atoms with Gasteiger partial charge in [-0.3, -0.25) is 0 Å².